The smallest absolute Gasteiger partial charge is 0.261 e. The number of carbonyl (C=O) groups is 1. The van der Waals surface area contributed by atoms with E-state index in [-0.39, 0.29) is 16.2 Å². The highest BCUT2D eigenvalue weighted by molar-refractivity contribution is 7.92. The second-order valence-electron chi connectivity index (χ2n) is 11.2. The summed E-state index contributed by atoms with van der Waals surface area (Å²) in [5.74, 6) is 2.74. The molecule has 1 amide bonds. The van der Waals surface area contributed by atoms with Crippen LogP contribution in [0, 0.1) is 17.8 Å². The average Bonchev–Trinajstić information content (AvgIpc) is 3.18. The van der Waals surface area contributed by atoms with Crippen molar-refractivity contribution < 1.29 is 13.2 Å². The van der Waals surface area contributed by atoms with E-state index in [0.717, 1.165) is 23.4 Å². The van der Waals surface area contributed by atoms with Crippen molar-refractivity contribution in [3.8, 4) is 0 Å². The van der Waals surface area contributed by atoms with Gasteiger partial charge in [0.1, 0.15) is 5.82 Å². The van der Waals surface area contributed by atoms with Gasteiger partial charge in [-0.3, -0.25) is 9.52 Å². The maximum Gasteiger partial charge on any atom is 0.261 e. The first-order valence-corrected chi connectivity index (χ1v) is 14.1. The summed E-state index contributed by atoms with van der Waals surface area (Å²) in [4.78, 5) is 16.3. The number of hydrogen-bond acceptors (Lipinski definition) is 4. The largest absolute Gasteiger partial charge is 0.327 e. The summed E-state index contributed by atoms with van der Waals surface area (Å²) in [6.07, 6.45) is 8.60. The van der Waals surface area contributed by atoms with Crippen LogP contribution in [0.1, 0.15) is 52.8 Å². The van der Waals surface area contributed by atoms with Crippen LogP contribution >= 0.6 is 0 Å². The van der Waals surface area contributed by atoms with Crippen molar-refractivity contribution in [1.29, 1.82) is 0 Å². The fraction of sp³-hybridized carbons (Fsp3) is 0.429. The highest BCUT2D eigenvalue weighted by atomic mass is 32.2. The second kappa shape index (κ2) is 9.07. The molecule has 0 aliphatic heterocycles. The number of amides is 1. The molecule has 2 aromatic carbocycles. The lowest BCUT2D eigenvalue weighted by atomic mass is 9.69. The molecule has 1 saturated carbocycles. The maximum atomic E-state index is 13.0. The topological polar surface area (TPSA) is 93.1 Å². The van der Waals surface area contributed by atoms with E-state index in [0.29, 0.717) is 29.1 Å². The van der Waals surface area contributed by atoms with Crippen LogP contribution in [0.5, 0.6) is 0 Å². The molecule has 1 fully saturated rings. The van der Waals surface area contributed by atoms with Crippen molar-refractivity contribution in [2.24, 2.45) is 17.8 Å². The van der Waals surface area contributed by atoms with Crippen molar-refractivity contribution in [2.75, 3.05) is 10.0 Å². The summed E-state index contributed by atoms with van der Waals surface area (Å²) in [6.45, 7) is 8.86. The standard InChI is InChI=1S/C28H34N4O3S/c1-18(33)29-22-9-12-24(13-10-22)36(34,35)31-23-11-14-26-25(16-23)30-27(28(2,3)4)32(26)17-21-15-19-5-7-20(21)8-6-19/h5,7,9-14,16,19-21,31H,6,8,15,17H2,1-4H3,(H,29,33)/t19-,20+,21?/m0/s1. The van der Waals surface area contributed by atoms with Crippen molar-refractivity contribution in [3.05, 3.63) is 60.4 Å². The molecule has 7 nitrogen and oxygen atoms in total. The van der Waals surface area contributed by atoms with Crippen LogP contribution in [-0.4, -0.2) is 23.9 Å². The van der Waals surface area contributed by atoms with Crippen LogP contribution in [0.3, 0.4) is 0 Å². The van der Waals surface area contributed by atoms with Gasteiger partial charge in [0.05, 0.1) is 21.6 Å². The summed E-state index contributed by atoms with van der Waals surface area (Å²) in [7, 11) is -3.79. The number of rotatable bonds is 6. The van der Waals surface area contributed by atoms with Gasteiger partial charge in [0.25, 0.3) is 10.0 Å². The first kappa shape index (κ1) is 24.6. The Morgan fingerprint density at radius 2 is 1.78 bits per heavy atom. The van der Waals surface area contributed by atoms with Crippen LogP contribution in [0.4, 0.5) is 11.4 Å². The molecule has 1 heterocycles. The SMILES string of the molecule is CC(=O)Nc1ccc(S(=O)(=O)Nc2ccc3c(c2)nc(C(C)(C)C)n3CC2C[C@H]3C=C[C@@H]2CC3)cc1. The summed E-state index contributed by atoms with van der Waals surface area (Å²) in [5.41, 5.74) is 2.70. The molecule has 3 aromatic rings. The van der Waals surface area contributed by atoms with Gasteiger partial charge in [-0.25, -0.2) is 13.4 Å². The van der Waals surface area contributed by atoms with Gasteiger partial charge in [0, 0.05) is 24.6 Å². The number of nitrogens with zero attached hydrogens (tertiary/aromatic N) is 2. The van der Waals surface area contributed by atoms with Gasteiger partial charge in [-0.15, -0.1) is 0 Å². The molecule has 2 bridgehead atoms. The minimum Gasteiger partial charge on any atom is -0.327 e. The number of aromatic nitrogens is 2. The first-order chi connectivity index (χ1) is 17.0. The highest BCUT2D eigenvalue weighted by Gasteiger charge is 2.34. The highest BCUT2D eigenvalue weighted by Crippen LogP contribution is 2.42. The number of fused-ring (bicyclic) bond motifs is 3. The predicted octanol–water partition coefficient (Wildman–Crippen LogP) is 5.70. The van der Waals surface area contributed by atoms with Crippen LogP contribution in [0.2, 0.25) is 0 Å². The van der Waals surface area contributed by atoms with Crippen LogP contribution < -0.4 is 10.0 Å². The molecule has 3 atom stereocenters. The molecule has 1 aromatic heterocycles. The third-order valence-corrected chi connectivity index (χ3v) is 8.68. The number of benzene rings is 2. The quantitative estimate of drug-likeness (QED) is 0.420. The molecule has 0 saturated heterocycles. The molecule has 0 radical (unpaired) electrons. The van der Waals surface area contributed by atoms with Gasteiger partial charge in [-0.1, -0.05) is 32.9 Å². The Labute approximate surface area is 213 Å². The number of imidazole rings is 1. The zero-order chi connectivity index (χ0) is 25.7. The summed E-state index contributed by atoms with van der Waals surface area (Å²) < 4.78 is 31.1. The van der Waals surface area contributed by atoms with E-state index in [1.807, 2.05) is 18.2 Å². The van der Waals surface area contributed by atoms with Crippen LogP contribution in [0.25, 0.3) is 11.0 Å². The van der Waals surface area contributed by atoms with Gasteiger partial charge >= 0.3 is 0 Å². The number of sulfonamides is 1. The Morgan fingerprint density at radius 3 is 2.36 bits per heavy atom. The zero-order valence-corrected chi connectivity index (χ0v) is 22.1. The third-order valence-electron chi connectivity index (χ3n) is 7.29. The monoisotopic (exact) mass is 506 g/mol. The normalized spacial score (nSPS) is 21.6. The van der Waals surface area contributed by atoms with Crippen molar-refractivity contribution >= 4 is 38.3 Å². The minimum atomic E-state index is -3.79. The van der Waals surface area contributed by atoms with E-state index in [1.165, 1.54) is 38.3 Å². The number of allylic oxidation sites excluding steroid dienone is 2. The Kier molecular flexibility index (Phi) is 6.19. The molecule has 36 heavy (non-hydrogen) atoms. The lowest BCUT2D eigenvalue weighted by Crippen LogP contribution is -2.31. The predicted molar refractivity (Wildman–Crippen MR) is 143 cm³/mol. The molecule has 2 N–H and O–H groups in total. The van der Waals surface area contributed by atoms with Crippen molar-refractivity contribution in [1.82, 2.24) is 9.55 Å². The van der Waals surface area contributed by atoms with E-state index in [1.54, 1.807) is 12.1 Å². The summed E-state index contributed by atoms with van der Waals surface area (Å²) in [6, 6.07) is 11.7. The minimum absolute atomic E-state index is 0.123. The maximum absolute atomic E-state index is 13.0. The number of anilines is 2. The summed E-state index contributed by atoms with van der Waals surface area (Å²) in [5, 5.41) is 2.64. The van der Waals surface area contributed by atoms with E-state index < -0.39 is 10.0 Å². The fourth-order valence-corrected chi connectivity index (χ4v) is 6.63. The Hall–Kier alpha value is -3.13. The van der Waals surface area contributed by atoms with Gasteiger partial charge in [0.2, 0.25) is 5.91 Å². The van der Waals surface area contributed by atoms with E-state index in [4.69, 9.17) is 4.98 Å². The number of carbonyl (C=O) groups excluding carboxylic acids is 1. The fourth-order valence-electron chi connectivity index (χ4n) is 5.58. The second-order valence-corrected chi connectivity index (χ2v) is 12.9. The Bertz CT molecular complexity index is 1430. The van der Waals surface area contributed by atoms with Gasteiger partial charge in [-0.2, -0.15) is 0 Å². The lowest BCUT2D eigenvalue weighted by Gasteiger charge is -2.39. The molecule has 3 aliphatic carbocycles. The molecule has 6 rings (SSSR count). The molecule has 8 heteroatoms. The molecular weight excluding hydrogens is 472 g/mol. The van der Waals surface area contributed by atoms with Crippen LogP contribution in [0.15, 0.2) is 59.5 Å². The van der Waals surface area contributed by atoms with Gasteiger partial charge in [0.15, 0.2) is 0 Å². The molecule has 190 valence electrons. The lowest BCUT2D eigenvalue weighted by molar-refractivity contribution is -0.114. The van der Waals surface area contributed by atoms with Gasteiger partial charge in [-0.05, 0) is 79.5 Å². The zero-order valence-electron chi connectivity index (χ0n) is 21.3. The molecule has 3 aliphatic rings. The average molecular weight is 507 g/mol. The van der Waals surface area contributed by atoms with Crippen molar-refractivity contribution in [2.45, 2.75) is 63.8 Å². The van der Waals surface area contributed by atoms with E-state index in [2.05, 4.69) is 47.5 Å². The number of hydrogen-bond donors (Lipinski definition) is 2. The Balaban J connectivity index is 1.43. The summed E-state index contributed by atoms with van der Waals surface area (Å²) >= 11 is 0. The Morgan fingerprint density at radius 1 is 1.06 bits per heavy atom. The molecular formula is C28H34N4O3S. The number of nitrogens with one attached hydrogen (secondary N) is 2. The third kappa shape index (κ3) is 4.91. The molecule has 0 spiro atoms. The van der Waals surface area contributed by atoms with Gasteiger partial charge < -0.3 is 9.88 Å². The van der Waals surface area contributed by atoms with Crippen LogP contribution in [-0.2, 0) is 26.8 Å². The van der Waals surface area contributed by atoms with E-state index >= 15 is 0 Å². The van der Waals surface area contributed by atoms with E-state index in [9.17, 15) is 13.2 Å². The molecule has 1 unspecified atom stereocenters. The first-order valence-electron chi connectivity index (χ1n) is 12.6. The van der Waals surface area contributed by atoms with Crippen molar-refractivity contribution in [3.63, 3.8) is 0 Å².